The van der Waals surface area contributed by atoms with E-state index in [1.165, 1.54) is 43.9 Å². The summed E-state index contributed by atoms with van der Waals surface area (Å²) in [5.41, 5.74) is 0.293. The summed E-state index contributed by atoms with van der Waals surface area (Å²) in [6, 6.07) is 4.69. The first-order valence-corrected chi connectivity index (χ1v) is 9.48. The molecule has 0 saturated heterocycles. The molecule has 2 saturated carbocycles. The fraction of sp³-hybridized carbons (Fsp3) is 0.632. The minimum atomic E-state index is -0.479. The first-order chi connectivity index (χ1) is 11.6. The smallest absolute Gasteiger partial charge is 0.251 e. The molecule has 2 N–H and O–H groups in total. The highest BCUT2D eigenvalue weighted by molar-refractivity contribution is 6.31. The Kier molecular flexibility index (Phi) is 6.12. The predicted molar refractivity (Wildman–Crippen MR) is 94.9 cm³/mol. The van der Waals surface area contributed by atoms with Crippen molar-refractivity contribution < 1.29 is 9.18 Å². The standard InChI is InChI=1S/C19H26ClFN2O/c20-15-9-14(10-16(21)11-15)19(24)23-18-7-5-17(6-8-18)22-12-13-3-1-2-4-13/h9-11,13,17-18,22H,1-8,12H2,(H,23,24)/t17-,18-. The van der Waals surface area contributed by atoms with E-state index < -0.39 is 5.82 Å². The number of hydrogen-bond acceptors (Lipinski definition) is 2. The summed E-state index contributed by atoms with van der Waals surface area (Å²) in [6.45, 7) is 1.14. The molecule has 0 heterocycles. The molecule has 1 aromatic rings. The van der Waals surface area contributed by atoms with Gasteiger partial charge in [0, 0.05) is 22.7 Å². The van der Waals surface area contributed by atoms with E-state index in [0.717, 1.165) is 38.1 Å². The lowest BCUT2D eigenvalue weighted by molar-refractivity contribution is 0.0923. The van der Waals surface area contributed by atoms with Crippen molar-refractivity contribution in [3.05, 3.63) is 34.6 Å². The van der Waals surface area contributed by atoms with Crippen LogP contribution in [-0.2, 0) is 0 Å². The van der Waals surface area contributed by atoms with Crippen molar-refractivity contribution in [2.24, 2.45) is 5.92 Å². The minimum absolute atomic E-state index is 0.170. The maximum absolute atomic E-state index is 13.4. The van der Waals surface area contributed by atoms with Gasteiger partial charge in [-0.25, -0.2) is 4.39 Å². The van der Waals surface area contributed by atoms with Crippen molar-refractivity contribution in [2.45, 2.75) is 63.5 Å². The molecule has 0 radical (unpaired) electrons. The van der Waals surface area contributed by atoms with Gasteiger partial charge in [-0.1, -0.05) is 24.4 Å². The van der Waals surface area contributed by atoms with Crippen molar-refractivity contribution in [3.8, 4) is 0 Å². The van der Waals surface area contributed by atoms with Crippen molar-refractivity contribution >= 4 is 17.5 Å². The molecule has 5 heteroatoms. The zero-order valence-corrected chi connectivity index (χ0v) is 14.7. The molecule has 24 heavy (non-hydrogen) atoms. The van der Waals surface area contributed by atoms with Gasteiger partial charge in [0.25, 0.3) is 5.91 Å². The molecule has 1 aromatic carbocycles. The zero-order chi connectivity index (χ0) is 16.9. The van der Waals surface area contributed by atoms with Crippen molar-refractivity contribution in [3.63, 3.8) is 0 Å². The van der Waals surface area contributed by atoms with Gasteiger partial charge < -0.3 is 10.6 Å². The number of carbonyl (C=O) groups excluding carboxylic acids is 1. The fourth-order valence-corrected chi connectivity index (χ4v) is 4.17. The molecule has 2 aliphatic rings. The lowest BCUT2D eigenvalue weighted by atomic mass is 9.90. The monoisotopic (exact) mass is 352 g/mol. The van der Waals surface area contributed by atoms with Crippen LogP contribution in [0.4, 0.5) is 4.39 Å². The Morgan fingerprint density at radius 2 is 1.71 bits per heavy atom. The highest BCUT2D eigenvalue weighted by atomic mass is 35.5. The number of carbonyl (C=O) groups is 1. The van der Waals surface area contributed by atoms with E-state index >= 15 is 0 Å². The second-order valence-electron chi connectivity index (χ2n) is 7.24. The summed E-state index contributed by atoms with van der Waals surface area (Å²) in [7, 11) is 0. The summed E-state index contributed by atoms with van der Waals surface area (Å²) in [6.07, 6.45) is 9.62. The maximum atomic E-state index is 13.4. The van der Waals surface area contributed by atoms with Crippen LogP contribution >= 0.6 is 11.6 Å². The van der Waals surface area contributed by atoms with Crippen LogP contribution in [0.5, 0.6) is 0 Å². The largest absolute Gasteiger partial charge is 0.349 e. The quantitative estimate of drug-likeness (QED) is 0.829. The third-order valence-corrected chi connectivity index (χ3v) is 5.58. The third-order valence-electron chi connectivity index (χ3n) is 5.36. The Morgan fingerprint density at radius 3 is 2.38 bits per heavy atom. The SMILES string of the molecule is O=C(N[C@H]1CC[C@H](NCC2CCCC2)CC1)c1cc(F)cc(Cl)c1. The zero-order valence-electron chi connectivity index (χ0n) is 14.0. The van der Waals surface area contributed by atoms with Crippen LogP contribution < -0.4 is 10.6 Å². The molecule has 0 aromatic heterocycles. The number of rotatable bonds is 5. The number of amides is 1. The lowest BCUT2D eigenvalue weighted by Crippen LogP contribution is -2.43. The van der Waals surface area contributed by atoms with Crippen LogP contribution in [0.1, 0.15) is 61.7 Å². The Morgan fingerprint density at radius 1 is 1.04 bits per heavy atom. The van der Waals surface area contributed by atoms with Gasteiger partial charge in [0.2, 0.25) is 0 Å². The van der Waals surface area contributed by atoms with Gasteiger partial charge in [0.15, 0.2) is 0 Å². The second kappa shape index (κ2) is 8.30. The molecule has 2 fully saturated rings. The van der Waals surface area contributed by atoms with Crippen molar-refractivity contribution in [1.82, 2.24) is 10.6 Å². The Labute approximate surface area is 148 Å². The molecule has 0 aliphatic heterocycles. The maximum Gasteiger partial charge on any atom is 0.251 e. The first-order valence-electron chi connectivity index (χ1n) is 9.10. The van der Waals surface area contributed by atoms with Gasteiger partial charge >= 0.3 is 0 Å². The molecule has 1 amide bonds. The van der Waals surface area contributed by atoms with Crippen molar-refractivity contribution in [2.75, 3.05) is 6.54 Å². The summed E-state index contributed by atoms with van der Waals surface area (Å²) in [4.78, 5) is 12.2. The summed E-state index contributed by atoms with van der Waals surface area (Å²) < 4.78 is 13.4. The van der Waals surface area contributed by atoms with Gasteiger partial charge in [0.1, 0.15) is 5.82 Å². The van der Waals surface area contributed by atoms with Gasteiger partial charge in [-0.05, 0) is 69.2 Å². The van der Waals surface area contributed by atoms with E-state index in [4.69, 9.17) is 11.6 Å². The van der Waals surface area contributed by atoms with Crippen LogP contribution in [0.15, 0.2) is 18.2 Å². The Bertz CT molecular complexity index is 546. The minimum Gasteiger partial charge on any atom is -0.349 e. The molecule has 3 rings (SSSR count). The van der Waals surface area contributed by atoms with E-state index in [2.05, 4.69) is 10.6 Å². The summed E-state index contributed by atoms with van der Waals surface area (Å²) in [5.74, 6) is 0.145. The van der Waals surface area contributed by atoms with Crippen LogP contribution in [0, 0.1) is 11.7 Å². The Balaban J connectivity index is 1.42. The first kappa shape index (κ1) is 17.7. The van der Waals surface area contributed by atoms with Crippen LogP contribution in [0.2, 0.25) is 5.02 Å². The van der Waals surface area contributed by atoms with Crippen LogP contribution in [-0.4, -0.2) is 24.5 Å². The second-order valence-corrected chi connectivity index (χ2v) is 7.68. The van der Waals surface area contributed by atoms with E-state index in [1.807, 2.05) is 0 Å². The van der Waals surface area contributed by atoms with Crippen LogP contribution in [0.25, 0.3) is 0 Å². The number of hydrogen-bond donors (Lipinski definition) is 2. The number of nitrogens with one attached hydrogen (secondary N) is 2. The topological polar surface area (TPSA) is 41.1 Å². The molecule has 3 nitrogen and oxygen atoms in total. The molecule has 0 unspecified atom stereocenters. The van der Waals surface area contributed by atoms with Gasteiger partial charge in [-0.3, -0.25) is 4.79 Å². The van der Waals surface area contributed by atoms with Crippen LogP contribution in [0.3, 0.4) is 0 Å². The molecule has 0 bridgehead atoms. The number of benzene rings is 1. The molecule has 2 aliphatic carbocycles. The highest BCUT2D eigenvalue weighted by Crippen LogP contribution is 2.25. The lowest BCUT2D eigenvalue weighted by Gasteiger charge is -2.30. The van der Waals surface area contributed by atoms with E-state index in [-0.39, 0.29) is 17.0 Å². The molecule has 0 spiro atoms. The third kappa shape index (κ3) is 4.93. The molecule has 132 valence electrons. The summed E-state index contributed by atoms with van der Waals surface area (Å²) >= 11 is 5.82. The molecule has 0 atom stereocenters. The average molecular weight is 353 g/mol. The normalized spacial score (nSPS) is 24.9. The highest BCUT2D eigenvalue weighted by Gasteiger charge is 2.24. The fourth-order valence-electron chi connectivity index (χ4n) is 3.94. The predicted octanol–water partition coefficient (Wildman–Crippen LogP) is 4.30. The van der Waals surface area contributed by atoms with Crippen molar-refractivity contribution in [1.29, 1.82) is 0 Å². The van der Waals surface area contributed by atoms with E-state index in [9.17, 15) is 9.18 Å². The van der Waals surface area contributed by atoms with Gasteiger partial charge in [0.05, 0.1) is 0 Å². The Hall–Kier alpha value is -1.13. The van der Waals surface area contributed by atoms with Gasteiger partial charge in [-0.15, -0.1) is 0 Å². The van der Waals surface area contributed by atoms with E-state index in [0.29, 0.717) is 11.6 Å². The van der Waals surface area contributed by atoms with Gasteiger partial charge in [-0.2, -0.15) is 0 Å². The number of halogens is 2. The van der Waals surface area contributed by atoms with E-state index in [1.54, 1.807) is 0 Å². The molecular weight excluding hydrogens is 327 g/mol. The molecular formula is C19H26ClFN2O. The summed E-state index contributed by atoms with van der Waals surface area (Å²) in [5, 5.41) is 6.97. The average Bonchev–Trinajstić information content (AvgIpc) is 3.07.